The summed E-state index contributed by atoms with van der Waals surface area (Å²) in [5.41, 5.74) is 1.37. The highest BCUT2D eigenvalue weighted by Gasteiger charge is 2.46. The summed E-state index contributed by atoms with van der Waals surface area (Å²) in [5, 5.41) is 31.6. The Kier molecular flexibility index (Phi) is 5.98. The van der Waals surface area contributed by atoms with E-state index in [1.54, 1.807) is 35.2 Å². The first-order valence-corrected chi connectivity index (χ1v) is 11.9. The van der Waals surface area contributed by atoms with E-state index in [1.807, 2.05) is 6.07 Å². The van der Waals surface area contributed by atoms with Gasteiger partial charge in [-0.05, 0) is 65.9 Å². The molecule has 0 saturated heterocycles. The molecule has 37 heavy (non-hydrogen) atoms. The molecule has 0 atom stereocenters. The van der Waals surface area contributed by atoms with Crippen LogP contribution in [0.25, 0.3) is 11.1 Å². The molecule has 190 valence electrons. The Bertz CT molecular complexity index is 1420. The highest BCUT2D eigenvalue weighted by Crippen LogP contribution is 2.52. The predicted octanol–water partition coefficient (Wildman–Crippen LogP) is 6.20. The van der Waals surface area contributed by atoms with Gasteiger partial charge in [0.05, 0.1) is 17.2 Å². The molecule has 1 fully saturated rings. The molecule has 2 aliphatic rings. The minimum absolute atomic E-state index is 0.0274. The van der Waals surface area contributed by atoms with Crippen LogP contribution in [0.2, 0.25) is 0 Å². The van der Waals surface area contributed by atoms with Gasteiger partial charge < -0.3 is 15.5 Å². The molecule has 9 heteroatoms. The van der Waals surface area contributed by atoms with Crippen molar-refractivity contribution in [1.82, 2.24) is 5.32 Å². The zero-order valence-corrected chi connectivity index (χ0v) is 19.8. The molecule has 0 radical (unpaired) electrons. The van der Waals surface area contributed by atoms with Gasteiger partial charge in [0.15, 0.2) is 0 Å². The summed E-state index contributed by atoms with van der Waals surface area (Å²) in [5.74, 6) is -0.548. The average Bonchev–Trinajstić information content (AvgIpc) is 3.47. The monoisotopic (exact) mass is 507 g/mol. The van der Waals surface area contributed by atoms with Crippen molar-refractivity contribution in [3.63, 3.8) is 0 Å². The number of carbonyl (C=O) groups excluding carboxylic acids is 1. The maximum atomic E-state index is 13.7. The fraction of sp³-hybridized carbons (Fsp3) is 0.286. The molecule has 3 aromatic carbocycles. The summed E-state index contributed by atoms with van der Waals surface area (Å²) in [7, 11) is 0. The van der Waals surface area contributed by atoms with Crippen molar-refractivity contribution in [2.45, 2.75) is 43.8 Å². The number of amides is 2. The lowest BCUT2D eigenvalue weighted by molar-refractivity contribution is -0.137. The minimum Gasteiger partial charge on any atom is -0.508 e. The number of fused-ring (bicyclic) bond motifs is 2. The Balaban J connectivity index is 1.47. The van der Waals surface area contributed by atoms with Gasteiger partial charge >= 0.3 is 12.2 Å². The first kappa shape index (κ1) is 24.5. The summed E-state index contributed by atoms with van der Waals surface area (Å²) in [4.78, 5) is 14.9. The number of aromatic hydroxyl groups is 2. The van der Waals surface area contributed by atoms with Gasteiger partial charge in [-0.25, -0.2) is 4.79 Å². The molecule has 3 aromatic rings. The fourth-order valence-electron chi connectivity index (χ4n) is 5.56. The summed E-state index contributed by atoms with van der Waals surface area (Å²) in [6.07, 6.45) is -1.06. The van der Waals surface area contributed by atoms with E-state index in [9.17, 15) is 28.2 Å². The van der Waals surface area contributed by atoms with Crippen LogP contribution in [0.5, 0.6) is 11.5 Å². The molecule has 1 spiro atoms. The molecule has 0 unspecified atom stereocenters. The Morgan fingerprint density at radius 1 is 1.05 bits per heavy atom. The van der Waals surface area contributed by atoms with Gasteiger partial charge in [0.2, 0.25) is 0 Å². The number of nitriles is 1. The van der Waals surface area contributed by atoms with E-state index in [0.717, 1.165) is 37.3 Å². The van der Waals surface area contributed by atoms with Gasteiger partial charge in [-0.3, -0.25) is 4.90 Å². The van der Waals surface area contributed by atoms with Gasteiger partial charge in [0.1, 0.15) is 11.5 Å². The molecule has 6 nitrogen and oxygen atoms in total. The van der Waals surface area contributed by atoms with Crippen molar-refractivity contribution in [3.8, 4) is 28.7 Å². The number of hydrogen-bond acceptors (Lipinski definition) is 4. The van der Waals surface area contributed by atoms with Gasteiger partial charge in [0, 0.05) is 29.8 Å². The highest BCUT2D eigenvalue weighted by molar-refractivity contribution is 5.96. The maximum absolute atomic E-state index is 13.7. The van der Waals surface area contributed by atoms with E-state index in [0.29, 0.717) is 28.9 Å². The first-order chi connectivity index (χ1) is 17.6. The van der Waals surface area contributed by atoms with Crippen molar-refractivity contribution in [2.24, 2.45) is 0 Å². The second-order valence-electron chi connectivity index (χ2n) is 9.65. The third-order valence-electron chi connectivity index (χ3n) is 7.39. The third-order valence-corrected chi connectivity index (χ3v) is 7.39. The number of anilines is 1. The number of nitrogens with zero attached hydrogens (tertiary/aromatic N) is 2. The fourth-order valence-corrected chi connectivity index (χ4v) is 5.56. The number of rotatable bonds is 3. The molecular formula is C28H24F3N3O3. The number of halogens is 3. The SMILES string of the molecule is N#Cc1ccc(CNC(=O)N2CC3(CCCC3)c3cc(-c4ccc(O)cc4C(F)(F)F)ccc32)c(O)c1. The van der Waals surface area contributed by atoms with E-state index >= 15 is 0 Å². The zero-order valence-electron chi connectivity index (χ0n) is 19.8. The Morgan fingerprint density at radius 3 is 2.49 bits per heavy atom. The first-order valence-electron chi connectivity index (χ1n) is 11.9. The number of urea groups is 1. The van der Waals surface area contributed by atoms with Crippen LogP contribution in [0.1, 0.15) is 47.9 Å². The topological polar surface area (TPSA) is 96.6 Å². The number of carbonyl (C=O) groups is 1. The predicted molar refractivity (Wildman–Crippen MR) is 131 cm³/mol. The molecule has 5 rings (SSSR count). The van der Waals surface area contributed by atoms with Gasteiger partial charge in [0.25, 0.3) is 0 Å². The Morgan fingerprint density at radius 2 is 1.81 bits per heavy atom. The number of hydrogen-bond donors (Lipinski definition) is 3. The van der Waals surface area contributed by atoms with Gasteiger partial charge in [-0.2, -0.15) is 18.4 Å². The summed E-state index contributed by atoms with van der Waals surface area (Å²) in [6, 6.07) is 14.3. The number of phenolic OH excluding ortho intramolecular Hbond substituents is 2. The second-order valence-corrected chi connectivity index (χ2v) is 9.65. The third kappa shape index (κ3) is 4.44. The molecule has 2 amide bonds. The number of benzene rings is 3. The number of phenols is 2. The minimum atomic E-state index is -4.64. The Labute approximate surface area is 211 Å². The van der Waals surface area contributed by atoms with E-state index in [-0.39, 0.29) is 29.3 Å². The molecule has 1 aliphatic carbocycles. The van der Waals surface area contributed by atoms with Crippen LogP contribution in [0.15, 0.2) is 54.6 Å². The standard InChI is InChI=1S/C28H24F3N3O3/c29-28(30,31)22-13-20(35)6-7-21(22)18-5-8-24-23(12-18)27(9-1-2-10-27)16-34(24)26(37)33-15-19-4-3-17(14-32)11-25(19)36/h3-8,11-13,35-36H,1-2,9-10,15-16H2,(H,33,37). The second kappa shape index (κ2) is 9.04. The van der Waals surface area contributed by atoms with Crippen molar-refractivity contribution in [3.05, 3.63) is 76.9 Å². The number of alkyl halides is 3. The quantitative estimate of drug-likeness (QED) is 0.393. The largest absolute Gasteiger partial charge is 0.508 e. The lowest BCUT2D eigenvalue weighted by Gasteiger charge is -2.25. The van der Waals surface area contributed by atoms with E-state index in [2.05, 4.69) is 5.32 Å². The maximum Gasteiger partial charge on any atom is 0.417 e. The van der Waals surface area contributed by atoms with E-state index in [4.69, 9.17) is 5.26 Å². The Hall–Kier alpha value is -4.19. The molecule has 1 saturated carbocycles. The molecule has 3 N–H and O–H groups in total. The van der Waals surface area contributed by atoms with Crippen molar-refractivity contribution in [1.29, 1.82) is 5.26 Å². The van der Waals surface area contributed by atoms with Crippen molar-refractivity contribution >= 4 is 11.7 Å². The molecule has 1 heterocycles. The lowest BCUT2D eigenvalue weighted by atomic mass is 9.79. The van der Waals surface area contributed by atoms with Gasteiger partial charge in [-0.15, -0.1) is 0 Å². The van der Waals surface area contributed by atoms with Crippen molar-refractivity contribution < 1.29 is 28.2 Å². The van der Waals surface area contributed by atoms with Crippen LogP contribution >= 0.6 is 0 Å². The van der Waals surface area contributed by atoms with Crippen LogP contribution < -0.4 is 10.2 Å². The number of nitrogens with one attached hydrogen (secondary N) is 1. The lowest BCUT2D eigenvalue weighted by Crippen LogP contribution is -2.41. The summed E-state index contributed by atoms with van der Waals surface area (Å²) in [6.45, 7) is 0.467. The van der Waals surface area contributed by atoms with Crippen LogP contribution in [0.3, 0.4) is 0 Å². The van der Waals surface area contributed by atoms with Crippen LogP contribution in [-0.4, -0.2) is 22.8 Å². The van der Waals surface area contributed by atoms with Crippen molar-refractivity contribution in [2.75, 3.05) is 11.4 Å². The summed E-state index contributed by atoms with van der Waals surface area (Å²) >= 11 is 0. The van der Waals surface area contributed by atoms with Gasteiger partial charge in [-0.1, -0.05) is 31.0 Å². The van der Waals surface area contributed by atoms with E-state index < -0.39 is 17.5 Å². The molecule has 0 bridgehead atoms. The van der Waals surface area contributed by atoms with Crippen LogP contribution in [0, 0.1) is 11.3 Å². The molecular weight excluding hydrogens is 483 g/mol. The average molecular weight is 508 g/mol. The zero-order chi connectivity index (χ0) is 26.4. The van der Waals surface area contributed by atoms with Crippen LogP contribution in [-0.2, 0) is 18.1 Å². The highest BCUT2D eigenvalue weighted by atomic mass is 19.4. The smallest absolute Gasteiger partial charge is 0.417 e. The molecule has 1 aliphatic heterocycles. The normalized spacial score (nSPS) is 16.0. The summed E-state index contributed by atoms with van der Waals surface area (Å²) < 4.78 is 41.2. The van der Waals surface area contributed by atoms with E-state index in [1.165, 1.54) is 18.2 Å². The van der Waals surface area contributed by atoms with Crippen LogP contribution in [0.4, 0.5) is 23.7 Å². The molecule has 0 aromatic heterocycles.